The summed E-state index contributed by atoms with van der Waals surface area (Å²) in [7, 11) is 0. The Labute approximate surface area is 85.6 Å². The van der Waals surface area contributed by atoms with Gasteiger partial charge >= 0.3 is 0 Å². The first-order chi connectivity index (χ1) is 7.31. The monoisotopic (exact) mass is 206 g/mol. The first-order valence-electron chi connectivity index (χ1n) is 4.37. The molecule has 0 radical (unpaired) electrons. The highest BCUT2D eigenvalue weighted by Crippen LogP contribution is 2.09. The van der Waals surface area contributed by atoms with Crippen LogP contribution in [0, 0.1) is 0 Å². The quantitative estimate of drug-likeness (QED) is 0.671. The summed E-state index contributed by atoms with van der Waals surface area (Å²) in [6, 6.07) is 3.12. The van der Waals surface area contributed by atoms with Gasteiger partial charge in [0.1, 0.15) is 6.33 Å². The minimum atomic E-state index is -0.402. The van der Waals surface area contributed by atoms with Crippen LogP contribution in [0.25, 0.3) is 5.82 Å². The second kappa shape index (κ2) is 4.11. The van der Waals surface area contributed by atoms with Gasteiger partial charge in [0.15, 0.2) is 5.82 Å². The minimum Gasteiger partial charge on any atom is -0.394 e. The number of tetrazole rings is 1. The predicted octanol–water partition coefficient (Wildman–Crippen LogP) is -0.951. The van der Waals surface area contributed by atoms with Crippen LogP contribution in [0.1, 0.15) is 11.6 Å². The van der Waals surface area contributed by atoms with Gasteiger partial charge in [-0.3, -0.25) is 0 Å². The molecule has 0 amide bonds. The maximum absolute atomic E-state index is 8.85. The zero-order chi connectivity index (χ0) is 10.7. The van der Waals surface area contributed by atoms with Gasteiger partial charge in [0.2, 0.25) is 0 Å². The molecule has 2 rings (SSSR count). The summed E-state index contributed by atoms with van der Waals surface area (Å²) < 4.78 is 1.44. The zero-order valence-electron chi connectivity index (χ0n) is 7.85. The SMILES string of the molecule is N[C@H](CO)c1ccc(-n2cnnn2)nc1. The number of aromatic nitrogens is 5. The highest BCUT2D eigenvalue weighted by atomic mass is 16.3. The van der Waals surface area contributed by atoms with Gasteiger partial charge in [-0.2, -0.15) is 4.68 Å². The molecular formula is C8H10N6O. The van der Waals surface area contributed by atoms with Crippen molar-refractivity contribution in [2.75, 3.05) is 6.61 Å². The van der Waals surface area contributed by atoms with Gasteiger partial charge in [-0.15, -0.1) is 5.10 Å². The minimum absolute atomic E-state index is 0.105. The summed E-state index contributed by atoms with van der Waals surface area (Å²) in [4.78, 5) is 4.12. The van der Waals surface area contributed by atoms with E-state index in [2.05, 4.69) is 20.5 Å². The predicted molar refractivity (Wildman–Crippen MR) is 51.0 cm³/mol. The Morgan fingerprint density at radius 1 is 1.47 bits per heavy atom. The number of nitrogens with two attached hydrogens (primary N) is 1. The van der Waals surface area contributed by atoms with E-state index < -0.39 is 6.04 Å². The van der Waals surface area contributed by atoms with E-state index in [9.17, 15) is 0 Å². The molecule has 0 aromatic carbocycles. The highest BCUT2D eigenvalue weighted by molar-refractivity contribution is 5.25. The number of pyridine rings is 1. The molecule has 78 valence electrons. The molecule has 0 unspecified atom stereocenters. The van der Waals surface area contributed by atoms with Crippen molar-refractivity contribution in [1.82, 2.24) is 25.2 Å². The number of hydrogen-bond donors (Lipinski definition) is 2. The molecule has 0 saturated heterocycles. The molecule has 2 aromatic heterocycles. The molecule has 7 nitrogen and oxygen atoms in total. The smallest absolute Gasteiger partial charge is 0.156 e. The molecule has 0 aliphatic carbocycles. The summed E-state index contributed by atoms with van der Waals surface area (Å²) in [5.74, 6) is 0.605. The number of rotatable bonds is 3. The highest BCUT2D eigenvalue weighted by Gasteiger charge is 2.05. The van der Waals surface area contributed by atoms with Crippen LogP contribution in [0.4, 0.5) is 0 Å². The Kier molecular flexibility index (Phi) is 2.66. The van der Waals surface area contributed by atoms with Crippen LogP contribution in [0.3, 0.4) is 0 Å². The molecule has 15 heavy (non-hydrogen) atoms. The van der Waals surface area contributed by atoms with Crippen molar-refractivity contribution < 1.29 is 5.11 Å². The van der Waals surface area contributed by atoms with E-state index in [0.717, 1.165) is 5.56 Å². The lowest BCUT2D eigenvalue weighted by molar-refractivity contribution is 0.268. The lowest BCUT2D eigenvalue weighted by Crippen LogP contribution is -2.14. The van der Waals surface area contributed by atoms with E-state index in [0.29, 0.717) is 5.82 Å². The second-order valence-corrected chi connectivity index (χ2v) is 2.99. The molecule has 2 aromatic rings. The van der Waals surface area contributed by atoms with Crippen LogP contribution >= 0.6 is 0 Å². The third kappa shape index (κ3) is 1.97. The Morgan fingerprint density at radius 2 is 2.33 bits per heavy atom. The number of nitrogens with zero attached hydrogens (tertiary/aromatic N) is 5. The standard InChI is InChI=1S/C8H10N6O/c9-7(4-15)6-1-2-8(10-3-6)14-5-11-12-13-14/h1-3,5,7,15H,4,9H2/t7-/m1/s1. The number of aliphatic hydroxyl groups excluding tert-OH is 1. The Bertz CT molecular complexity index is 411. The number of aliphatic hydroxyl groups is 1. The van der Waals surface area contributed by atoms with E-state index in [1.54, 1.807) is 18.3 Å². The van der Waals surface area contributed by atoms with Crippen molar-refractivity contribution in [2.24, 2.45) is 5.73 Å². The van der Waals surface area contributed by atoms with Gasteiger partial charge in [-0.1, -0.05) is 6.07 Å². The topological polar surface area (TPSA) is 103 Å². The molecule has 7 heteroatoms. The fraction of sp³-hybridized carbons (Fsp3) is 0.250. The van der Waals surface area contributed by atoms with Crippen molar-refractivity contribution >= 4 is 0 Å². The van der Waals surface area contributed by atoms with Gasteiger partial charge in [-0.05, 0) is 22.1 Å². The summed E-state index contributed by atoms with van der Waals surface area (Å²) in [6.07, 6.45) is 3.05. The largest absolute Gasteiger partial charge is 0.394 e. The molecule has 0 spiro atoms. The zero-order valence-corrected chi connectivity index (χ0v) is 7.85. The Morgan fingerprint density at radius 3 is 2.87 bits per heavy atom. The fourth-order valence-electron chi connectivity index (χ4n) is 1.12. The van der Waals surface area contributed by atoms with Crippen LogP contribution in [0.15, 0.2) is 24.7 Å². The molecule has 0 saturated carbocycles. The molecular weight excluding hydrogens is 196 g/mol. The van der Waals surface area contributed by atoms with Gasteiger partial charge in [0.05, 0.1) is 12.6 Å². The maximum atomic E-state index is 8.85. The third-order valence-electron chi connectivity index (χ3n) is 1.98. The average Bonchev–Trinajstić information content (AvgIpc) is 2.82. The van der Waals surface area contributed by atoms with E-state index >= 15 is 0 Å². The summed E-state index contributed by atoms with van der Waals surface area (Å²) in [5.41, 5.74) is 6.40. The van der Waals surface area contributed by atoms with Crippen molar-refractivity contribution in [3.63, 3.8) is 0 Å². The second-order valence-electron chi connectivity index (χ2n) is 2.99. The van der Waals surface area contributed by atoms with Crippen molar-refractivity contribution in [3.8, 4) is 5.82 Å². The lowest BCUT2D eigenvalue weighted by atomic mass is 10.1. The van der Waals surface area contributed by atoms with Crippen molar-refractivity contribution in [2.45, 2.75) is 6.04 Å². The van der Waals surface area contributed by atoms with Crippen LogP contribution in [-0.4, -0.2) is 36.9 Å². The van der Waals surface area contributed by atoms with Gasteiger partial charge in [-0.25, -0.2) is 4.98 Å². The molecule has 2 heterocycles. The Hall–Kier alpha value is -1.86. The van der Waals surface area contributed by atoms with Crippen LogP contribution in [0.2, 0.25) is 0 Å². The maximum Gasteiger partial charge on any atom is 0.156 e. The van der Waals surface area contributed by atoms with E-state index in [-0.39, 0.29) is 6.61 Å². The fourth-order valence-corrected chi connectivity index (χ4v) is 1.12. The van der Waals surface area contributed by atoms with E-state index in [1.807, 2.05) is 0 Å². The summed E-state index contributed by atoms with van der Waals surface area (Å²) in [6.45, 7) is -0.105. The molecule has 0 aliphatic rings. The van der Waals surface area contributed by atoms with E-state index in [4.69, 9.17) is 10.8 Å². The van der Waals surface area contributed by atoms with Gasteiger partial charge in [0.25, 0.3) is 0 Å². The van der Waals surface area contributed by atoms with Crippen LogP contribution in [-0.2, 0) is 0 Å². The third-order valence-corrected chi connectivity index (χ3v) is 1.98. The lowest BCUT2D eigenvalue weighted by Gasteiger charge is -2.07. The first-order valence-corrected chi connectivity index (χ1v) is 4.37. The first kappa shape index (κ1) is 9.69. The normalized spacial score (nSPS) is 12.7. The number of hydrogen-bond acceptors (Lipinski definition) is 6. The molecule has 0 aliphatic heterocycles. The van der Waals surface area contributed by atoms with Crippen molar-refractivity contribution in [1.29, 1.82) is 0 Å². The molecule has 0 fully saturated rings. The average molecular weight is 206 g/mol. The Balaban J connectivity index is 2.25. The summed E-state index contributed by atoms with van der Waals surface area (Å²) >= 11 is 0. The molecule has 1 atom stereocenters. The van der Waals surface area contributed by atoms with Gasteiger partial charge < -0.3 is 10.8 Å². The van der Waals surface area contributed by atoms with Gasteiger partial charge in [0, 0.05) is 6.20 Å². The molecule has 3 N–H and O–H groups in total. The summed E-state index contributed by atoms with van der Waals surface area (Å²) in [5, 5.41) is 19.5. The van der Waals surface area contributed by atoms with Crippen molar-refractivity contribution in [3.05, 3.63) is 30.2 Å². The van der Waals surface area contributed by atoms with Crippen LogP contribution < -0.4 is 5.73 Å². The van der Waals surface area contributed by atoms with E-state index in [1.165, 1.54) is 11.0 Å². The van der Waals surface area contributed by atoms with Crippen LogP contribution in [0.5, 0.6) is 0 Å². The molecule has 0 bridgehead atoms.